The van der Waals surface area contributed by atoms with Gasteiger partial charge < -0.3 is 19.7 Å². The molecule has 0 bridgehead atoms. The van der Waals surface area contributed by atoms with Gasteiger partial charge in [0.2, 0.25) is 11.8 Å². The van der Waals surface area contributed by atoms with Crippen molar-refractivity contribution in [2.75, 3.05) is 25.1 Å². The Balaban J connectivity index is 2.06. The highest BCUT2D eigenvalue weighted by atomic mass is 35.5. The summed E-state index contributed by atoms with van der Waals surface area (Å²) in [7, 11) is -1.21. The van der Waals surface area contributed by atoms with Gasteiger partial charge >= 0.3 is 0 Å². The molecule has 0 aliphatic rings. The quantitative estimate of drug-likeness (QED) is 0.320. The summed E-state index contributed by atoms with van der Waals surface area (Å²) < 4.78 is 39.3. The van der Waals surface area contributed by atoms with Gasteiger partial charge in [-0.1, -0.05) is 41.4 Å². The van der Waals surface area contributed by atoms with E-state index in [0.717, 1.165) is 15.4 Å². The molecule has 0 saturated carbocycles. The Kier molecular flexibility index (Phi) is 10.6. The number of carbonyl (C=O) groups excluding carboxylic acids is 2. The molecule has 11 heteroatoms. The lowest BCUT2D eigenvalue weighted by Gasteiger charge is -2.32. The molecule has 0 aromatic heterocycles. The predicted octanol–water partition coefficient (Wildman–Crippen LogP) is 4.80. The Morgan fingerprint density at radius 3 is 2.10 bits per heavy atom. The van der Waals surface area contributed by atoms with E-state index in [9.17, 15) is 18.0 Å². The molecule has 1 unspecified atom stereocenters. The van der Waals surface area contributed by atoms with E-state index in [1.807, 2.05) is 20.8 Å². The molecule has 0 saturated heterocycles. The van der Waals surface area contributed by atoms with Gasteiger partial charge in [0.25, 0.3) is 10.0 Å². The third kappa shape index (κ3) is 7.92. The van der Waals surface area contributed by atoms with Crippen molar-refractivity contribution in [1.82, 2.24) is 10.2 Å². The van der Waals surface area contributed by atoms with Crippen LogP contribution in [0.25, 0.3) is 0 Å². The molecule has 1 atom stereocenters. The van der Waals surface area contributed by atoms with Crippen LogP contribution in [0.5, 0.6) is 11.5 Å². The summed E-state index contributed by atoms with van der Waals surface area (Å²) in [6.45, 7) is 6.60. The monoisotopic (exact) mass is 601 g/mol. The Morgan fingerprint density at radius 1 is 0.927 bits per heavy atom. The molecule has 220 valence electrons. The predicted molar refractivity (Wildman–Crippen MR) is 160 cm³/mol. The van der Waals surface area contributed by atoms with E-state index >= 15 is 0 Å². The zero-order chi connectivity index (χ0) is 30.3. The maximum atomic E-state index is 14.0. The summed E-state index contributed by atoms with van der Waals surface area (Å²) >= 11 is 6.36. The van der Waals surface area contributed by atoms with Gasteiger partial charge in [0, 0.05) is 12.6 Å². The number of halogens is 1. The number of hydrogen-bond acceptors (Lipinski definition) is 6. The molecule has 2 amide bonds. The number of benzene rings is 3. The van der Waals surface area contributed by atoms with Crippen LogP contribution in [-0.4, -0.2) is 58.0 Å². The highest BCUT2D eigenvalue weighted by molar-refractivity contribution is 7.92. The minimum absolute atomic E-state index is 0.00939. The number of carbonyl (C=O) groups is 2. The van der Waals surface area contributed by atoms with Gasteiger partial charge in [-0.3, -0.25) is 13.9 Å². The summed E-state index contributed by atoms with van der Waals surface area (Å²) in [6.07, 6.45) is 0. The van der Waals surface area contributed by atoms with Gasteiger partial charge in [-0.15, -0.1) is 0 Å². The van der Waals surface area contributed by atoms with E-state index in [1.165, 1.54) is 42.3 Å². The maximum Gasteiger partial charge on any atom is 0.264 e. The van der Waals surface area contributed by atoms with Crippen LogP contribution in [0.15, 0.2) is 71.6 Å². The number of sulfonamides is 1. The third-order valence-corrected chi connectivity index (χ3v) is 8.50. The van der Waals surface area contributed by atoms with Crippen LogP contribution in [0, 0.1) is 6.92 Å². The number of nitrogens with one attached hydrogen (secondary N) is 1. The second kappa shape index (κ2) is 13.7. The average Bonchev–Trinajstić information content (AvgIpc) is 2.94. The second-order valence-electron chi connectivity index (χ2n) is 9.85. The van der Waals surface area contributed by atoms with Gasteiger partial charge in [0.05, 0.1) is 29.8 Å². The van der Waals surface area contributed by atoms with Gasteiger partial charge in [-0.25, -0.2) is 8.42 Å². The van der Waals surface area contributed by atoms with Crippen molar-refractivity contribution in [2.24, 2.45) is 0 Å². The Bertz CT molecular complexity index is 1460. The van der Waals surface area contributed by atoms with Crippen LogP contribution in [0.3, 0.4) is 0 Å². The first-order chi connectivity index (χ1) is 19.4. The molecule has 3 rings (SSSR count). The smallest absolute Gasteiger partial charge is 0.264 e. The fraction of sp³-hybridized carbons (Fsp3) is 0.333. The standard InChI is InChI=1S/C30H36ClN3O6S/c1-20(2)32-30(36)22(4)33(18-23-9-12-25(39-5)13-10-23)29(35)19-34(24-11-16-28(40-6)27(31)17-24)41(37,38)26-14-7-21(3)8-15-26/h7-17,20,22H,18-19H2,1-6H3,(H,32,36). The topological polar surface area (TPSA) is 105 Å². The van der Waals surface area contributed by atoms with Crippen molar-refractivity contribution >= 4 is 39.1 Å². The Labute approximate surface area is 247 Å². The molecule has 41 heavy (non-hydrogen) atoms. The number of hydrogen-bond donors (Lipinski definition) is 1. The fourth-order valence-corrected chi connectivity index (χ4v) is 5.75. The van der Waals surface area contributed by atoms with E-state index in [-0.39, 0.29) is 34.1 Å². The van der Waals surface area contributed by atoms with Gasteiger partial charge in [0.15, 0.2) is 0 Å². The molecule has 0 aliphatic heterocycles. The largest absolute Gasteiger partial charge is 0.497 e. The fourth-order valence-electron chi connectivity index (χ4n) is 4.09. The van der Waals surface area contributed by atoms with Crippen molar-refractivity contribution in [3.63, 3.8) is 0 Å². The van der Waals surface area contributed by atoms with E-state index < -0.39 is 28.5 Å². The molecule has 0 fully saturated rings. The molecule has 0 aliphatic carbocycles. The lowest BCUT2D eigenvalue weighted by Crippen LogP contribution is -2.52. The van der Waals surface area contributed by atoms with Crippen molar-refractivity contribution in [3.8, 4) is 11.5 Å². The summed E-state index contributed by atoms with van der Waals surface area (Å²) in [4.78, 5) is 28.4. The average molecular weight is 602 g/mol. The highest BCUT2D eigenvalue weighted by Crippen LogP contribution is 2.32. The van der Waals surface area contributed by atoms with Gasteiger partial charge in [-0.05, 0) is 75.7 Å². The summed E-state index contributed by atoms with van der Waals surface area (Å²) in [5, 5.41) is 3.01. The maximum absolute atomic E-state index is 14.0. The molecule has 3 aromatic rings. The molecule has 0 spiro atoms. The molecule has 0 heterocycles. The van der Waals surface area contributed by atoms with Crippen LogP contribution in [-0.2, 0) is 26.2 Å². The zero-order valence-electron chi connectivity index (χ0n) is 24.0. The van der Waals surface area contributed by atoms with Gasteiger partial charge in [0.1, 0.15) is 24.1 Å². The van der Waals surface area contributed by atoms with Crippen LogP contribution in [0.1, 0.15) is 31.9 Å². The number of anilines is 1. The molecular weight excluding hydrogens is 566 g/mol. The Morgan fingerprint density at radius 2 is 1.56 bits per heavy atom. The zero-order valence-corrected chi connectivity index (χ0v) is 25.6. The SMILES string of the molecule is COc1ccc(CN(C(=O)CN(c2ccc(OC)c(Cl)c2)S(=O)(=O)c2ccc(C)cc2)C(C)C(=O)NC(C)C)cc1. The first-order valence-corrected chi connectivity index (χ1v) is 14.8. The van der Waals surface area contributed by atoms with Crippen LogP contribution >= 0.6 is 11.6 Å². The molecule has 0 radical (unpaired) electrons. The van der Waals surface area contributed by atoms with Crippen molar-refractivity contribution in [1.29, 1.82) is 0 Å². The Hall–Kier alpha value is -3.76. The summed E-state index contributed by atoms with van der Waals surface area (Å²) in [6, 6.07) is 16.9. The summed E-state index contributed by atoms with van der Waals surface area (Å²) in [5.41, 5.74) is 1.80. The van der Waals surface area contributed by atoms with Crippen LogP contribution in [0.4, 0.5) is 5.69 Å². The number of rotatable bonds is 12. The lowest BCUT2D eigenvalue weighted by atomic mass is 10.1. The minimum atomic E-state index is -4.21. The second-order valence-corrected chi connectivity index (χ2v) is 12.1. The van der Waals surface area contributed by atoms with E-state index in [2.05, 4.69) is 5.32 Å². The molecule has 9 nitrogen and oxygen atoms in total. The first-order valence-electron chi connectivity index (χ1n) is 13.0. The number of nitrogens with zero attached hydrogens (tertiary/aromatic N) is 2. The summed E-state index contributed by atoms with van der Waals surface area (Å²) in [5.74, 6) is 0.0654. The number of amides is 2. The van der Waals surface area contributed by atoms with E-state index in [1.54, 1.807) is 50.4 Å². The van der Waals surface area contributed by atoms with Gasteiger partial charge in [-0.2, -0.15) is 0 Å². The third-order valence-electron chi connectivity index (χ3n) is 6.42. The number of methoxy groups -OCH3 is 2. The number of aryl methyl sites for hydroxylation is 1. The highest BCUT2D eigenvalue weighted by Gasteiger charge is 2.33. The van der Waals surface area contributed by atoms with Crippen LogP contribution in [0.2, 0.25) is 5.02 Å². The van der Waals surface area contributed by atoms with Crippen molar-refractivity contribution in [2.45, 2.75) is 51.2 Å². The van der Waals surface area contributed by atoms with Crippen LogP contribution < -0.4 is 19.1 Å². The lowest BCUT2D eigenvalue weighted by molar-refractivity contribution is -0.139. The van der Waals surface area contributed by atoms with Crippen molar-refractivity contribution in [3.05, 3.63) is 82.9 Å². The molecule has 1 N–H and O–H groups in total. The normalized spacial score (nSPS) is 12.0. The minimum Gasteiger partial charge on any atom is -0.497 e. The molecular formula is C30H36ClN3O6S. The first kappa shape index (κ1) is 31.8. The van der Waals surface area contributed by atoms with E-state index in [0.29, 0.717) is 11.5 Å². The van der Waals surface area contributed by atoms with E-state index in [4.69, 9.17) is 21.1 Å². The molecule has 3 aromatic carbocycles. The number of ether oxygens (including phenoxy) is 2. The van der Waals surface area contributed by atoms with Crippen molar-refractivity contribution < 1.29 is 27.5 Å².